The van der Waals surface area contributed by atoms with Gasteiger partial charge in [0.1, 0.15) is 12.1 Å². The quantitative estimate of drug-likeness (QED) is 0.536. The number of esters is 2. The topological polar surface area (TPSA) is 99.5 Å². The molecule has 2 aromatic rings. The van der Waals surface area contributed by atoms with Crippen LogP contribution in [0.3, 0.4) is 0 Å². The van der Waals surface area contributed by atoms with Crippen LogP contribution in [0.4, 0.5) is 0 Å². The zero-order valence-corrected chi connectivity index (χ0v) is 21.2. The normalized spacial score (nSPS) is 24.1. The number of methoxy groups -OCH3 is 2. The summed E-state index contributed by atoms with van der Waals surface area (Å²) >= 11 is 0. The van der Waals surface area contributed by atoms with E-state index in [0.717, 1.165) is 36.8 Å². The Bertz CT molecular complexity index is 864. The van der Waals surface area contributed by atoms with Gasteiger partial charge < -0.3 is 19.7 Å². The van der Waals surface area contributed by atoms with Gasteiger partial charge in [-0.3, -0.25) is 19.4 Å². The third-order valence-electron chi connectivity index (χ3n) is 7.07. The Balaban J connectivity index is 0.000000201. The molecule has 36 heavy (non-hydrogen) atoms. The molecule has 2 N–H and O–H groups in total. The molecular weight excluding hydrogens is 460 g/mol. The Morgan fingerprint density at radius 2 is 1.06 bits per heavy atom. The molecule has 2 fully saturated rings. The lowest BCUT2D eigenvalue weighted by molar-refractivity contribution is -0.147. The second-order valence-corrected chi connectivity index (χ2v) is 9.22. The molecule has 0 amide bonds. The van der Waals surface area contributed by atoms with Crippen LogP contribution in [0.25, 0.3) is 0 Å². The molecule has 8 heteroatoms. The molecule has 2 aromatic carbocycles. The summed E-state index contributed by atoms with van der Waals surface area (Å²) in [6.45, 7) is 1.51. The van der Waals surface area contributed by atoms with E-state index >= 15 is 0 Å². The van der Waals surface area contributed by atoms with Crippen LogP contribution in [0.1, 0.15) is 36.8 Å². The monoisotopic (exact) mass is 498 g/mol. The van der Waals surface area contributed by atoms with Crippen molar-refractivity contribution in [3.8, 4) is 0 Å². The Morgan fingerprint density at radius 1 is 0.694 bits per heavy atom. The van der Waals surface area contributed by atoms with Crippen LogP contribution in [-0.4, -0.2) is 83.6 Å². The Labute approximate surface area is 213 Å². The summed E-state index contributed by atoms with van der Waals surface area (Å²) < 4.78 is 9.67. The van der Waals surface area contributed by atoms with E-state index in [4.69, 9.17) is 9.47 Å². The molecule has 8 nitrogen and oxygen atoms in total. The number of carbonyl (C=O) groups excluding carboxylic acids is 2. The fourth-order valence-corrected chi connectivity index (χ4v) is 5.11. The standard InChI is InChI=1S/2C14H19NO3/c2*1-18-14(17)13-8-7-12(10-16)15(13)9-11-5-3-2-4-6-11/h2*2-6,12-13,16H,7-10H2,1H3/t2*12-,13+/m10/s1. The van der Waals surface area contributed by atoms with Crippen LogP contribution in [0.2, 0.25) is 0 Å². The van der Waals surface area contributed by atoms with Crippen molar-refractivity contribution in [3.63, 3.8) is 0 Å². The predicted molar refractivity (Wildman–Crippen MR) is 136 cm³/mol. The first-order valence-corrected chi connectivity index (χ1v) is 12.5. The van der Waals surface area contributed by atoms with E-state index in [9.17, 15) is 19.8 Å². The smallest absolute Gasteiger partial charge is 0.323 e. The number of nitrogens with zero attached hydrogens (tertiary/aromatic N) is 2. The maximum Gasteiger partial charge on any atom is 0.323 e. The van der Waals surface area contributed by atoms with E-state index in [-0.39, 0.29) is 49.3 Å². The summed E-state index contributed by atoms with van der Waals surface area (Å²) in [5.41, 5.74) is 2.29. The van der Waals surface area contributed by atoms with E-state index in [2.05, 4.69) is 0 Å². The van der Waals surface area contributed by atoms with E-state index in [1.807, 2.05) is 70.5 Å². The number of ether oxygens (including phenoxy) is 2. The first-order chi connectivity index (χ1) is 17.5. The molecule has 0 bridgehead atoms. The van der Waals surface area contributed by atoms with E-state index in [1.54, 1.807) is 0 Å². The summed E-state index contributed by atoms with van der Waals surface area (Å²) in [4.78, 5) is 27.5. The van der Waals surface area contributed by atoms with E-state index in [1.165, 1.54) is 14.2 Å². The number of likely N-dealkylation sites (tertiary alicyclic amines) is 2. The maximum atomic E-state index is 11.7. The molecule has 4 rings (SSSR count). The number of hydrogen-bond acceptors (Lipinski definition) is 8. The second kappa shape index (κ2) is 14.1. The molecule has 0 radical (unpaired) electrons. The molecule has 0 spiro atoms. The van der Waals surface area contributed by atoms with Crippen LogP contribution >= 0.6 is 0 Å². The zero-order chi connectivity index (χ0) is 25.9. The number of aliphatic hydroxyl groups is 2. The first-order valence-electron chi connectivity index (χ1n) is 12.5. The second-order valence-electron chi connectivity index (χ2n) is 9.22. The number of aliphatic hydroxyl groups excluding tert-OH is 2. The van der Waals surface area contributed by atoms with Crippen LogP contribution in [0.15, 0.2) is 60.7 Å². The fourth-order valence-electron chi connectivity index (χ4n) is 5.11. The Morgan fingerprint density at radius 3 is 1.36 bits per heavy atom. The molecule has 196 valence electrons. The molecule has 4 atom stereocenters. The van der Waals surface area contributed by atoms with Crippen LogP contribution in [0, 0.1) is 0 Å². The van der Waals surface area contributed by atoms with Gasteiger partial charge in [-0.2, -0.15) is 0 Å². The van der Waals surface area contributed by atoms with Crippen LogP contribution < -0.4 is 0 Å². The summed E-state index contributed by atoms with van der Waals surface area (Å²) in [5.74, 6) is -0.413. The van der Waals surface area contributed by atoms with Gasteiger partial charge in [0.2, 0.25) is 0 Å². The molecule has 2 saturated heterocycles. The van der Waals surface area contributed by atoms with Crippen LogP contribution in [-0.2, 0) is 32.2 Å². The SMILES string of the molecule is COC(=O)[C@@H]1CC[C@H](CO)N1Cc1ccccc1.COC(=O)[C@H]1CC[C@@H](CO)N1Cc1ccccc1. The van der Waals surface area contributed by atoms with Crippen molar-refractivity contribution in [2.45, 2.75) is 62.9 Å². The van der Waals surface area contributed by atoms with Crippen molar-refractivity contribution in [2.24, 2.45) is 0 Å². The molecule has 2 aliphatic rings. The van der Waals surface area contributed by atoms with Gasteiger partial charge in [-0.15, -0.1) is 0 Å². The zero-order valence-electron chi connectivity index (χ0n) is 21.2. The highest BCUT2D eigenvalue weighted by Crippen LogP contribution is 2.28. The lowest BCUT2D eigenvalue weighted by atomic mass is 10.2. The summed E-state index contributed by atoms with van der Waals surface area (Å²) in [6, 6.07) is 19.6. The van der Waals surface area contributed by atoms with Gasteiger partial charge in [-0.05, 0) is 36.8 Å². The number of benzene rings is 2. The number of rotatable bonds is 8. The van der Waals surface area contributed by atoms with Crippen LogP contribution in [0.5, 0.6) is 0 Å². The van der Waals surface area contributed by atoms with Crippen molar-refractivity contribution in [2.75, 3.05) is 27.4 Å². The molecule has 0 aromatic heterocycles. The molecular formula is C28H38N2O6. The van der Waals surface area contributed by atoms with Crippen molar-refractivity contribution < 1.29 is 29.3 Å². The largest absolute Gasteiger partial charge is 0.468 e. The highest BCUT2D eigenvalue weighted by atomic mass is 16.5. The van der Waals surface area contributed by atoms with Gasteiger partial charge in [0.15, 0.2) is 0 Å². The minimum Gasteiger partial charge on any atom is -0.468 e. The molecule has 0 saturated carbocycles. The summed E-state index contributed by atoms with van der Waals surface area (Å²) in [7, 11) is 2.82. The van der Waals surface area contributed by atoms with Crippen molar-refractivity contribution in [1.82, 2.24) is 9.80 Å². The predicted octanol–water partition coefficient (Wildman–Crippen LogP) is 2.37. The van der Waals surface area contributed by atoms with Gasteiger partial charge in [0.25, 0.3) is 0 Å². The maximum absolute atomic E-state index is 11.7. The van der Waals surface area contributed by atoms with Gasteiger partial charge in [-0.1, -0.05) is 60.7 Å². The summed E-state index contributed by atoms with van der Waals surface area (Å²) in [6.07, 6.45) is 3.18. The number of carbonyl (C=O) groups is 2. The molecule has 2 heterocycles. The van der Waals surface area contributed by atoms with Gasteiger partial charge in [0, 0.05) is 25.2 Å². The van der Waals surface area contributed by atoms with Crippen molar-refractivity contribution in [1.29, 1.82) is 0 Å². The third-order valence-corrected chi connectivity index (χ3v) is 7.07. The highest BCUT2D eigenvalue weighted by molar-refractivity contribution is 5.76. The average molecular weight is 499 g/mol. The highest BCUT2D eigenvalue weighted by Gasteiger charge is 2.38. The lowest BCUT2D eigenvalue weighted by Gasteiger charge is -2.27. The van der Waals surface area contributed by atoms with E-state index in [0.29, 0.717) is 13.1 Å². The van der Waals surface area contributed by atoms with E-state index < -0.39 is 0 Å². The van der Waals surface area contributed by atoms with Gasteiger partial charge in [0.05, 0.1) is 27.4 Å². The van der Waals surface area contributed by atoms with Crippen molar-refractivity contribution >= 4 is 11.9 Å². The molecule has 0 unspecified atom stereocenters. The Kier molecular flexibility index (Phi) is 10.9. The molecule has 0 aliphatic carbocycles. The van der Waals surface area contributed by atoms with Gasteiger partial charge >= 0.3 is 11.9 Å². The minimum atomic E-state index is -0.229. The third kappa shape index (κ3) is 7.13. The first kappa shape index (κ1) is 27.8. The van der Waals surface area contributed by atoms with Gasteiger partial charge in [-0.25, -0.2) is 0 Å². The summed E-state index contributed by atoms with van der Waals surface area (Å²) in [5, 5.41) is 18.8. The lowest BCUT2D eigenvalue weighted by Crippen LogP contribution is -2.42. The minimum absolute atomic E-state index is 0.0503. The Hall–Kier alpha value is -2.78. The number of hydrogen-bond donors (Lipinski definition) is 2. The fraction of sp³-hybridized carbons (Fsp3) is 0.500. The average Bonchev–Trinajstić information content (AvgIpc) is 3.52. The van der Waals surface area contributed by atoms with Crippen molar-refractivity contribution in [3.05, 3.63) is 71.8 Å². The molecule has 2 aliphatic heterocycles.